The van der Waals surface area contributed by atoms with Crippen LogP contribution in [0.1, 0.15) is 16.7 Å². The van der Waals surface area contributed by atoms with Crippen LogP contribution >= 0.6 is 0 Å². The van der Waals surface area contributed by atoms with Gasteiger partial charge in [0.15, 0.2) is 0 Å². The van der Waals surface area contributed by atoms with E-state index in [1.54, 1.807) is 4.68 Å². The summed E-state index contributed by atoms with van der Waals surface area (Å²) in [6.07, 6.45) is 0. The quantitative estimate of drug-likeness (QED) is 0.768. The summed E-state index contributed by atoms with van der Waals surface area (Å²) >= 11 is 0. The highest BCUT2D eigenvalue weighted by atomic mass is 15.3. The Morgan fingerprint density at radius 3 is 2.05 bits per heavy atom. The number of aromatic nitrogens is 2. The highest BCUT2D eigenvalue weighted by molar-refractivity contribution is 5.64. The molecule has 0 bridgehead atoms. The Morgan fingerprint density at radius 1 is 0.810 bits per heavy atom. The Kier molecular flexibility index (Phi) is 3.26. The van der Waals surface area contributed by atoms with E-state index in [-0.39, 0.29) is 0 Å². The third kappa shape index (κ3) is 2.68. The molecule has 0 spiro atoms. The first-order valence-electron chi connectivity index (χ1n) is 7.04. The van der Waals surface area contributed by atoms with Crippen molar-refractivity contribution in [3.05, 3.63) is 65.2 Å². The monoisotopic (exact) mass is 277 g/mol. The summed E-state index contributed by atoms with van der Waals surface area (Å²) in [7, 11) is 0. The average Bonchev–Trinajstić information content (AvgIpc) is 2.80. The van der Waals surface area contributed by atoms with Gasteiger partial charge in [-0.1, -0.05) is 35.9 Å². The van der Waals surface area contributed by atoms with Crippen LogP contribution in [0.3, 0.4) is 0 Å². The molecule has 21 heavy (non-hydrogen) atoms. The molecule has 0 radical (unpaired) electrons. The average molecular weight is 277 g/mol. The topological polar surface area (TPSA) is 43.8 Å². The molecule has 0 fully saturated rings. The molecule has 3 nitrogen and oxygen atoms in total. The van der Waals surface area contributed by atoms with Gasteiger partial charge < -0.3 is 5.73 Å². The van der Waals surface area contributed by atoms with E-state index >= 15 is 0 Å². The van der Waals surface area contributed by atoms with Crippen LogP contribution in [-0.2, 0) is 0 Å². The lowest BCUT2D eigenvalue weighted by Crippen LogP contribution is -2.02. The highest BCUT2D eigenvalue weighted by Gasteiger charge is 2.09. The lowest BCUT2D eigenvalue weighted by atomic mass is 10.1. The SMILES string of the molecule is Cc1ccc(-c2cc(N)n(-c3cc(C)cc(C)c3)n2)cc1. The van der Waals surface area contributed by atoms with E-state index in [0.29, 0.717) is 5.82 Å². The summed E-state index contributed by atoms with van der Waals surface area (Å²) in [5.41, 5.74) is 12.8. The summed E-state index contributed by atoms with van der Waals surface area (Å²) in [6.45, 7) is 6.24. The van der Waals surface area contributed by atoms with E-state index in [0.717, 1.165) is 16.9 Å². The van der Waals surface area contributed by atoms with Crippen LogP contribution in [0.25, 0.3) is 16.9 Å². The van der Waals surface area contributed by atoms with Gasteiger partial charge in [0, 0.05) is 11.6 Å². The molecular weight excluding hydrogens is 258 g/mol. The van der Waals surface area contributed by atoms with E-state index in [1.807, 2.05) is 6.07 Å². The predicted octanol–water partition coefficient (Wildman–Crippen LogP) is 4.05. The van der Waals surface area contributed by atoms with Gasteiger partial charge in [-0.2, -0.15) is 5.10 Å². The maximum atomic E-state index is 6.14. The molecule has 3 aromatic rings. The molecule has 0 aliphatic carbocycles. The fraction of sp³-hybridized carbons (Fsp3) is 0.167. The highest BCUT2D eigenvalue weighted by Crippen LogP contribution is 2.24. The third-order valence-corrected chi connectivity index (χ3v) is 3.54. The summed E-state index contributed by atoms with van der Waals surface area (Å²) < 4.78 is 1.80. The van der Waals surface area contributed by atoms with Gasteiger partial charge >= 0.3 is 0 Å². The molecule has 0 saturated carbocycles. The second-order valence-electron chi connectivity index (χ2n) is 5.58. The maximum absolute atomic E-state index is 6.14. The van der Waals surface area contributed by atoms with Crippen molar-refractivity contribution in [3.8, 4) is 16.9 Å². The van der Waals surface area contributed by atoms with Crippen LogP contribution in [0.15, 0.2) is 48.5 Å². The van der Waals surface area contributed by atoms with Crippen molar-refractivity contribution in [2.24, 2.45) is 0 Å². The van der Waals surface area contributed by atoms with Gasteiger partial charge in [-0.15, -0.1) is 0 Å². The zero-order valence-corrected chi connectivity index (χ0v) is 12.6. The van der Waals surface area contributed by atoms with E-state index in [1.165, 1.54) is 16.7 Å². The first-order valence-corrected chi connectivity index (χ1v) is 7.04. The first kappa shape index (κ1) is 13.4. The van der Waals surface area contributed by atoms with Crippen LogP contribution in [0.2, 0.25) is 0 Å². The number of rotatable bonds is 2. The largest absolute Gasteiger partial charge is 0.384 e. The van der Waals surface area contributed by atoms with Gasteiger partial charge in [0.25, 0.3) is 0 Å². The standard InChI is InChI=1S/C18H19N3/c1-12-4-6-15(7-5-12)17-11-18(19)21(20-17)16-9-13(2)8-14(3)10-16/h4-11H,19H2,1-3H3. The Bertz CT molecular complexity index is 762. The van der Waals surface area contributed by atoms with Crippen molar-refractivity contribution < 1.29 is 0 Å². The molecule has 1 aromatic heterocycles. The van der Waals surface area contributed by atoms with Gasteiger partial charge in [0.05, 0.1) is 11.4 Å². The predicted molar refractivity (Wildman–Crippen MR) is 87.6 cm³/mol. The number of hydrogen-bond donors (Lipinski definition) is 1. The minimum atomic E-state index is 0.649. The molecule has 0 amide bonds. The number of hydrogen-bond acceptors (Lipinski definition) is 2. The van der Waals surface area contributed by atoms with E-state index < -0.39 is 0 Å². The van der Waals surface area contributed by atoms with Crippen LogP contribution in [0.5, 0.6) is 0 Å². The van der Waals surface area contributed by atoms with Crippen LogP contribution in [-0.4, -0.2) is 9.78 Å². The third-order valence-electron chi connectivity index (χ3n) is 3.54. The van der Waals surface area contributed by atoms with Gasteiger partial charge in [0.2, 0.25) is 0 Å². The molecule has 0 saturated heterocycles. The number of nitrogens with two attached hydrogens (primary N) is 1. The summed E-state index contributed by atoms with van der Waals surface area (Å²) in [5, 5.41) is 4.65. The molecule has 1 heterocycles. The van der Waals surface area contributed by atoms with E-state index in [2.05, 4.69) is 68.3 Å². The molecule has 0 aliphatic rings. The minimum Gasteiger partial charge on any atom is -0.384 e. The number of nitrogens with zero attached hydrogens (tertiary/aromatic N) is 2. The van der Waals surface area contributed by atoms with E-state index in [9.17, 15) is 0 Å². The fourth-order valence-corrected chi connectivity index (χ4v) is 2.54. The van der Waals surface area contributed by atoms with Crippen LogP contribution < -0.4 is 5.73 Å². The number of aryl methyl sites for hydroxylation is 3. The fourth-order valence-electron chi connectivity index (χ4n) is 2.54. The Balaban J connectivity index is 2.07. The number of nitrogen functional groups attached to an aromatic ring is 1. The van der Waals surface area contributed by atoms with Crippen LogP contribution in [0, 0.1) is 20.8 Å². The zero-order valence-electron chi connectivity index (χ0n) is 12.6. The summed E-state index contributed by atoms with van der Waals surface area (Å²) in [5.74, 6) is 0.649. The molecule has 0 atom stereocenters. The minimum absolute atomic E-state index is 0.649. The normalized spacial score (nSPS) is 10.8. The van der Waals surface area contributed by atoms with Crippen molar-refractivity contribution in [1.82, 2.24) is 9.78 Å². The molecule has 0 aliphatic heterocycles. The van der Waals surface area contributed by atoms with E-state index in [4.69, 9.17) is 5.73 Å². The van der Waals surface area contributed by atoms with Crippen molar-refractivity contribution in [1.29, 1.82) is 0 Å². The smallest absolute Gasteiger partial charge is 0.127 e. The molecule has 2 aromatic carbocycles. The molecule has 3 rings (SSSR count). The lowest BCUT2D eigenvalue weighted by molar-refractivity contribution is 0.892. The zero-order chi connectivity index (χ0) is 15.0. The van der Waals surface area contributed by atoms with Gasteiger partial charge in [0.1, 0.15) is 5.82 Å². The molecule has 3 heteroatoms. The molecule has 106 valence electrons. The van der Waals surface area contributed by atoms with Crippen molar-refractivity contribution in [2.75, 3.05) is 5.73 Å². The van der Waals surface area contributed by atoms with Crippen LogP contribution in [0.4, 0.5) is 5.82 Å². The van der Waals surface area contributed by atoms with Crippen molar-refractivity contribution >= 4 is 5.82 Å². The molecule has 0 unspecified atom stereocenters. The second kappa shape index (κ2) is 5.09. The maximum Gasteiger partial charge on any atom is 0.127 e. The molecular formula is C18H19N3. The number of anilines is 1. The van der Waals surface area contributed by atoms with Gasteiger partial charge in [-0.3, -0.25) is 0 Å². The number of benzene rings is 2. The summed E-state index contributed by atoms with van der Waals surface area (Å²) in [6, 6.07) is 16.6. The first-order chi connectivity index (χ1) is 10.0. The Labute approximate surface area is 125 Å². The Morgan fingerprint density at radius 2 is 1.43 bits per heavy atom. The molecule has 2 N–H and O–H groups in total. The van der Waals surface area contributed by atoms with Gasteiger partial charge in [-0.25, -0.2) is 4.68 Å². The second-order valence-corrected chi connectivity index (χ2v) is 5.58. The van der Waals surface area contributed by atoms with Crippen molar-refractivity contribution in [3.63, 3.8) is 0 Å². The Hall–Kier alpha value is -2.55. The van der Waals surface area contributed by atoms with Gasteiger partial charge in [-0.05, 0) is 44.0 Å². The summed E-state index contributed by atoms with van der Waals surface area (Å²) in [4.78, 5) is 0. The van der Waals surface area contributed by atoms with Crippen molar-refractivity contribution in [2.45, 2.75) is 20.8 Å². The lowest BCUT2D eigenvalue weighted by Gasteiger charge is -2.06.